The van der Waals surface area contributed by atoms with Crippen molar-refractivity contribution in [2.45, 2.75) is 124 Å². The van der Waals surface area contributed by atoms with Crippen LogP contribution in [0.1, 0.15) is 112 Å². The summed E-state index contributed by atoms with van der Waals surface area (Å²) in [5, 5.41) is 6.59. The van der Waals surface area contributed by atoms with E-state index < -0.39 is 0 Å². The minimum atomic E-state index is -0.295. The second-order valence-corrected chi connectivity index (χ2v) is 11.1. The van der Waals surface area contributed by atoms with Crippen molar-refractivity contribution in [1.29, 1.82) is 0 Å². The molecule has 2 amide bonds. The van der Waals surface area contributed by atoms with Gasteiger partial charge in [-0.25, -0.2) is 0 Å². The topological polar surface area (TPSA) is 58.2 Å². The van der Waals surface area contributed by atoms with Crippen molar-refractivity contribution >= 4 is 11.8 Å². The van der Waals surface area contributed by atoms with Gasteiger partial charge in [0.2, 0.25) is 11.8 Å². The molecule has 29 heavy (non-hydrogen) atoms. The first-order valence-corrected chi connectivity index (χ1v) is 12.2. The van der Waals surface area contributed by atoms with Crippen LogP contribution in [0.5, 0.6) is 0 Å². The zero-order valence-corrected chi connectivity index (χ0v) is 19.9. The summed E-state index contributed by atoms with van der Waals surface area (Å²) in [7, 11) is 0. The van der Waals surface area contributed by atoms with Gasteiger partial charge in [0, 0.05) is 22.9 Å². The summed E-state index contributed by atoms with van der Waals surface area (Å²) in [6.45, 7) is 12.3. The van der Waals surface area contributed by atoms with E-state index in [1.807, 2.05) is 20.8 Å². The number of hydrogen-bond acceptors (Lipinski definition) is 2. The van der Waals surface area contributed by atoms with E-state index in [1.54, 1.807) is 0 Å². The Balaban J connectivity index is 1.68. The highest BCUT2D eigenvalue weighted by Crippen LogP contribution is 2.36. The van der Waals surface area contributed by atoms with E-state index in [1.165, 1.54) is 32.1 Å². The Kier molecular flexibility index (Phi) is 8.60. The predicted octanol–water partition coefficient (Wildman–Crippen LogP) is 5.60. The molecule has 2 aliphatic rings. The van der Waals surface area contributed by atoms with E-state index >= 15 is 0 Å². The number of carbonyl (C=O) groups is 2. The smallest absolute Gasteiger partial charge is 0.226 e. The second kappa shape index (κ2) is 10.3. The van der Waals surface area contributed by atoms with Crippen molar-refractivity contribution in [2.75, 3.05) is 0 Å². The molecule has 2 fully saturated rings. The lowest BCUT2D eigenvalue weighted by Gasteiger charge is -2.36. The molecule has 2 N–H and O–H groups in total. The summed E-state index contributed by atoms with van der Waals surface area (Å²) >= 11 is 0. The fraction of sp³-hybridized carbons (Fsp3) is 0.920. The SMILES string of the molecule is CCC(C)(CC)C(=O)NC1CCC(CC2CCC(NC(=O)C(C)(C)C)CC2)CC1. The molecule has 0 aliphatic heterocycles. The van der Waals surface area contributed by atoms with Crippen molar-refractivity contribution in [3.63, 3.8) is 0 Å². The van der Waals surface area contributed by atoms with Crippen LogP contribution < -0.4 is 10.6 Å². The van der Waals surface area contributed by atoms with Gasteiger partial charge in [-0.3, -0.25) is 9.59 Å². The molecule has 0 spiro atoms. The Hall–Kier alpha value is -1.06. The normalized spacial score (nSPS) is 28.6. The van der Waals surface area contributed by atoms with E-state index in [9.17, 15) is 9.59 Å². The summed E-state index contributed by atoms with van der Waals surface area (Å²) in [5.41, 5.74) is -0.505. The molecule has 0 unspecified atom stereocenters. The van der Waals surface area contributed by atoms with Gasteiger partial charge in [0.25, 0.3) is 0 Å². The molecule has 2 aliphatic carbocycles. The zero-order chi connectivity index (χ0) is 21.7. The summed E-state index contributed by atoms with van der Waals surface area (Å²) in [5.74, 6) is 2.07. The van der Waals surface area contributed by atoms with Gasteiger partial charge in [-0.2, -0.15) is 0 Å². The number of nitrogens with one attached hydrogen (secondary N) is 2. The zero-order valence-electron chi connectivity index (χ0n) is 19.9. The van der Waals surface area contributed by atoms with Crippen LogP contribution >= 0.6 is 0 Å². The maximum Gasteiger partial charge on any atom is 0.226 e. The molecule has 168 valence electrons. The molecule has 0 bridgehead atoms. The Morgan fingerprint density at radius 1 is 0.690 bits per heavy atom. The van der Waals surface area contributed by atoms with Crippen molar-refractivity contribution in [2.24, 2.45) is 22.7 Å². The molecule has 0 aromatic rings. The van der Waals surface area contributed by atoms with Gasteiger partial charge >= 0.3 is 0 Å². The molecule has 4 heteroatoms. The van der Waals surface area contributed by atoms with Crippen molar-refractivity contribution in [1.82, 2.24) is 10.6 Å². The van der Waals surface area contributed by atoms with Gasteiger partial charge < -0.3 is 10.6 Å². The quantitative estimate of drug-likeness (QED) is 0.578. The van der Waals surface area contributed by atoms with Gasteiger partial charge in [-0.15, -0.1) is 0 Å². The second-order valence-electron chi connectivity index (χ2n) is 11.1. The molecule has 0 saturated heterocycles. The lowest BCUT2D eigenvalue weighted by atomic mass is 9.75. The lowest BCUT2D eigenvalue weighted by Crippen LogP contribution is -2.45. The van der Waals surface area contributed by atoms with Gasteiger partial charge in [-0.05, 0) is 82.5 Å². The third-order valence-electron chi connectivity index (χ3n) is 7.82. The van der Waals surface area contributed by atoms with Crippen LogP contribution in [0.15, 0.2) is 0 Å². The highest BCUT2D eigenvalue weighted by Gasteiger charge is 2.33. The number of carbonyl (C=O) groups excluding carboxylic acids is 2. The van der Waals surface area contributed by atoms with Crippen molar-refractivity contribution in [3.8, 4) is 0 Å². The maximum absolute atomic E-state index is 12.6. The first-order valence-electron chi connectivity index (χ1n) is 12.2. The molecule has 4 nitrogen and oxygen atoms in total. The molecule has 0 radical (unpaired) electrons. The minimum absolute atomic E-state index is 0.184. The molecule has 2 rings (SSSR count). The van der Waals surface area contributed by atoms with Crippen LogP contribution in [0, 0.1) is 22.7 Å². The third kappa shape index (κ3) is 7.00. The van der Waals surface area contributed by atoms with Crippen LogP contribution in [0.2, 0.25) is 0 Å². The molecule has 0 aromatic heterocycles. The van der Waals surface area contributed by atoms with Crippen molar-refractivity contribution < 1.29 is 9.59 Å². The summed E-state index contributed by atoms with van der Waals surface area (Å²) in [6, 6.07) is 0.745. The van der Waals surface area contributed by atoms with Crippen LogP contribution in [-0.2, 0) is 9.59 Å². The van der Waals surface area contributed by atoms with Gasteiger partial charge in [-0.1, -0.05) is 41.5 Å². The largest absolute Gasteiger partial charge is 0.353 e. The summed E-state index contributed by atoms with van der Waals surface area (Å²) in [4.78, 5) is 24.8. The van der Waals surface area contributed by atoms with E-state index in [-0.39, 0.29) is 22.6 Å². The first kappa shape index (κ1) is 24.2. The molecule has 0 heterocycles. The van der Waals surface area contributed by atoms with Crippen LogP contribution in [0.4, 0.5) is 0 Å². The van der Waals surface area contributed by atoms with Crippen LogP contribution in [-0.4, -0.2) is 23.9 Å². The molecule has 0 aromatic carbocycles. The molecular formula is C25H46N2O2. The van der Waals surface area contributed by atoms with E-state index in [0.29, 0.717) is 12.1 Å². The average molecular weight is 407 g/mol. The number of amides is 2. The van der Waals surface area contributed by atoms with Crippen LogP contribution in [0.25, 0.3) is 0 Å². The predicted molar refractivity (Wildman–Crippen MR) is 121 cm³/mol. The minimum Gasteiger partial charge on any atom is -0.353 e. The highest BCUT2D eigenvalue weighted by atomic mass is 16.2. The fourth-order valence-corrected chi connectivity index (χ4v) is 4.89. The highest BCUT2D eigenvalue weighted by molar-refractivity contribution is 5.82. The third-order valence-corrected chi connectivity index (χ3v) is 7.82. The monoisotopic (exact) mass is 406 g/mol. The van der Waals surface area contributed by atoms with E-state index in [2.05, 4.69) is 31.4 Å². The lowest BCUT2D eigenvalue weighted by molar-refractivity contribution is -0.131. The Bertz CT molecular complexity index is 532. The van der Waals surface area contributed by atoms with Gasteiger partial charge in [0.05, 0.1) is 0 Å². The maximum atomic E-state index is 12.6. The fourth-order valence-electron chi connectivity index (χ4n) is 4.89. The van der Waals surface area contributed by atoms with E-state index in [4.69, 9.17) is 0 Å². The molecule has 2 saturated carbocycles. The Morgan fingerprint density at radius 3 is 1.41 bits per heavy atom. The van der Waals surface area contributed by atoms with Crippen molar-refractivity contribution in [3.05, 3.63) is 0 Å². The first-order chi connectivity index (χ1) is 13.6. The Morgan fingerprint density at radius 2 is 1.07 bits per heavy atom. The summed E-state index contributed by atoms with van der Waals surface area (Å²) in [6.07, 6.45) is 12.7. The van der Waals surface area contributed by atoms with Gasteiger partial charge in [0.1, 0.15) is 0 Å². The molecular weight excluding hydrogens is 360 g/mol. The van der Waals surface area contributed by atoms with Crippen LogP contribution in [0.3, 0.4) is 0 Å². The standard InChI is InChI=1S/C25H46N2O2/c1-7-25(6,8-2)23(29)27-21-15-11-19(12-16-21)17-18-9-13-20(14-10-18)26-22(28)24(3,4)5/h18-21H,7-17H2,1-6H3,(H,26,28)(H,27,29). The van der Waals surface area contributed by atoms with Gasteiger partial charge in [0.15, 0.2) is 0 Å². The molecule has 0 atom stereocenters. The van der Waals surface area contributed by atoms with E-state index in [0.717, 1.165) is 50.4 Å². The summed E-state index contributed by atoms with van der Waals surface area (Å²) < 4.78 is 0. The number of hydrogen-bond donors (Lipinski definition) is 2. The Labute approximate surface area is 179 Å². The average Bonchev–Trinajstić information content (AvgIpc) is 2.69. The number of rotatable bonds is 7.